The molecular weight excluding hydrogens is 310 g/mol. The van der Waals surface area contributed by atoms with Gasteiger partial charge in [0.2, 0.25) is 5.91 Å². The molecule has 0 aromatic rings. The molecule has 0 bridgehead atoms. The minimum absolute atomic E-state index is 0.308. The maximum atomic E-state index is 12.5. The lowest BCUT2D eigenvalue weighted by Gasteiger charge is -2.38. The van der Waals surface area contributed by atoms with E-state index in [1.807, 2.05) is 0 Å². The van der Waals surface area contributed by atoms with Crippen molar-refractivity contribution in [3.05, 3.63) is 0 Å². The van der Waals surface area contributed by atoms with Crippen molar-refractivity contribution in [1.82, 2.24) is 15.1 Å². The Hall–Kier alpha value is -0.610. The van der Waals surface area contributed by atoms with Crippen molar-refractivity contribution in [3.63, 3.8) is 0 Å². The second-order valence-corrected chi connectivity index (χ2v) is 8.63. The summed E-state index contributed by atoms with van der Waals surface area (Å²) >= 11 is 0. The van der Waals surface area contributed by atoms with Gasteiger partial charge in [0.25, 0.3) is 0 Å². The van der Waals surface area contributed by atoms with Crippen LogP contribution in [0.15, 0.2) is 0 Å². The quantitative estimate of drug-likeness (QED) is 0.773. The number of nitrogens with one attached hydrogen (secondary N) is 1. The van der Waals surface area contributed by atoms with Crippen LogP contribution < -0.4 is 5.32 Å². The molecule has 1 atom stereocenters. The summed E-state index contributed by atoms with van der Waals surface area (Å²) in [5.41, 5.74) is 0. The fourth-order valence-corrected chi connectivity index (χ4v) is 5.13. The van der Waals surface area contributed by atoms with E-state index in [2.05, 4.69) is 22.0 Å². The van der Waals surface area contributed by atoms with E-state index in [1.54, 1.807) is 0 Å². The van der Waals surface area contributed by atoms with Gasteiger partial charge < -0.3 is 10.2 Å². The summed E-state index contributed by atoms with van der Waals surface area (Å²) in [6, 6.07) is 1.17. The van der Waals surface area contributed by atoms with Crippen LogP contribution in [0.2, 0.25) is 0 Å². The second-order valence-electron chi connectivity index (χ2n) is 8.63. The standard InChI is InChI=1S/C21H39N3O/c1-2-23-14-11-18(12-15-23)16-21(25)22-19-8-7-13-24(17-19)20-9-5-3-4-6-10-20/h18-20H,2-17H2,1H3,(H,22,25). The smallest absolute Gasteiger partial charge is 0.220 e. The van der Waals surface area contributed by atoms with Crippen molar-refractivity contribution in [2.75, 3.05) is 32.7 Å². The van der Waals surface area contributed by atoms with Gasteiger partial charge in [0.15, 0.2) is 0 Å². The second kappa shape index (κ2) is 9.91. The third kappa shape index (κ3) is 5.96. The molecule has 3 aliphatic rings. The number of nitrogens with zero attached hydrogens (tertiary/aromatic N) is 2. The highest BCUT2D eigenvalue weighted by Crippen LogP contribution is 2.25. The van der Waals surface area contributed by atoms with Crippen LogP contribution in [-0.2, 0) is 4.79 Å². The molecular formula is C21H39N3O. The van der Waals surface area contributed by atoms with Crippen molar-refractivity contribution in [1.29, 1.82) is 0 Å². The number of amides is 1. The Morgan fingerprint density at radius 2 is 1.64 bits per heavy atom. The van der Waals surface area contributed by atoms with E-state index in [0.717, 1.165) is 25.6 Å². The van der Waals surface area contributed by atoms with Crippen LogP contribution in [0.25, 0.3) is 0 Å². The fourth-order valence-electron chi connectivity index (χ4n) is 5.13. The lowest BCUT2D eigenvalue weighted by atomic mass is 9.93. The zero-order valence-corrected chi connectivity index (χ0v) is 16.3. The molecule has 0 aromatic carbocycles. The molecule has 3 fully saturated rings. The Kier molecular flexibility index (Phi) is 7.60. The molecule has 144 valence electrons. The van der Waals surface area contributed by atoms with E-state index >= 15 is 0 Å². The van der Waals surface area contributed by atoms with Crippen molar-refractivity contribution in [2.45, 2.75) is 89.6 Å². The molecule has 4 nitrogen and oxygen atoms in total. The van der Waals surface area contributed by atoms with Gasteiger partial charge in [-0.1, -0.05) is 32.6 Å². The normalized spacial score (nSPS) is 28.6. The largest absolute Gasteiger partial charge is 0.352 e. The summed E-state index contributed by atoms with van der Waals surface area (Å²) in [7, 11) is 0. The first-order valence-electron chi connectivity index (χ1n) is 11.0. The van der Waals surface area contributed by atoms with Crippen molar-refractivity contribution >= 4 is 5.91 Å². The molecule has 1 unspecified atom stereocenters. The minimum atomic E-state index is 0.308. The van der Waals surface area contributed by atoms with Gasteiger partial charge in [-0.15, -0.1) is 0 Å². The van der Waals surface area contributed by atoms with E-state index < -0.39 is 0 Å². The van der Waals surface area contributed by atoms with Gasteiger partial charge >= 0.3 is 0 Å². The average Bonchev–Trinajstić information content (AvgIpc) is 2.92. The molecule has 0 radical (unpaired) electrons. The molecule has 1 aliphatic carbocycles. The Morgan fingerprint density at radius 1 is 0.920 bits per heavy atom. The zero-order valence-electron chi connectivity index (χ0n) is 16.3. The number of carbonyl (C=O) groups is 1. The number of hydrogen-bond acceptors (Lipinski definition) is 3. The van der Waals surface area contributed by atoms with Gasteiger partial charge in [-0.25, -0.2) is 0 Å². The number of hydrogen-bond donors (Lipinski definition) is 1. The van der Waals surface area contributed by atoms with E-state index in [-0.39, 0.29) is 0 Å². The van der Waals surface area contributed by atoms with Crippen LogP contribution in [0, 0.1) is 5.92 Å². The summed E-state index contributed by atoms with van der Waals surface area (Å²) in [6.07, 6.45) is 13.9. The molecule has 2 saturated heterocycles. The molecule has 0 aromatic heterocycles. The van der Waals surface area contributed by atoms with Crippen LogP contribution in [0.1, 0.15) is 77.6 Å². The van der Waals surface area contributed by atoms with Crippen LogP contribution in [0.3, 0.4) is 0 Å². The van der Waals surface area contributed by atoms with Crippen LogP contribution in [0.4, 0.5) is 0 Å². The Morgan fingerprint density at radius 3 is 2.32 bits per heavy atom. The van der Waals surface area contributed by atoms with Crippen LogP contribution in [-0.4, -0.2) is 60.5 Å². The molecule has 1 amide bonds. The summed E-state index contributed by atoms with van der Waals surface area (Å²) in [6.45, 7) is 8.06. The number of carbonyl (C=O) groups excluding carboxylic acids is 1. The third-order valence-corrected chi connectivity index (χ3v) is 6.79. The predicted molar refractivity (Wildman–Crippen MR) is 104 cm³/mol. The van der Waals surface area contributed by atoms with Gasteiger partial charge in [0.05, 0.1) is 0 Å². The first-order chi connectivity index (χ1) is 12.2. The maximum absolute atomic E-state index is 12.5. The highest BCUT2D eigenvalue weighted by Gasteiger charge is 2.28. The van der Waals surface area contributed by atoms with Gasteiger partial charge in [0.1, 0.15) is 0 Å². The molecule has 2 heterocycles. The van der Waals surface area contributed by atoms with Gasteiger partial charge in [0, 0.05) is 25.0 Å². The molecule has 4 heteroatoms. The molecule has 3 rings (SSSR count). The summed E-state index contributed by atoms with van der Waals surface area (Å²) in [5, 5.41) is 3.38. The maximum Gasteiger partial charge on any atom is 0.220 e. The average molecular weight is 350 g/mol. The van der Waals surface area contributed by atoms with Crippen LogP contribution >= 0.6 is 0 Å². The van der Waals surface area contributed by atoms with Crippen LogP contribution in [0.5, 0.6) is 0 Å². The highest BCUT2D eigenvalue weighted by molar-refractivity contribution is 5.76. The lowest BCUT2D eigenvalue weighted by Crippen LogP contribution is -2.51. The number of rotatable bonds is 5. The first kappa shape index (κ1) is 19.2. The van der Waals surface area contributed by atoms with E-state index in [0.29, 0.717) is 17.9 Å². The Balaban J connectivity index is 1.40. The molecule has 1 N–H and O–H groups in total. The van der Waals surface area contributed by atoms with Crippen molar-refractivity contribution < 1.29 is 4.79 Å². The van der Waals surface area contributed by atoms with Crippen molar-refractivity contribution in [2.24, 2.45) is 5.92 Å². The van der Waals surface area contributed by atoms with Gasteiger partial charge in [-0.3, -0.25) is 9.69 Å². The predicted octanol–water partition coefficient (Wildman–Crippen LogP) is 3.41. The van der Waals surface area contributed by atoms with E-state index in [1.165, 1.54) is 83.8 Å². The number of likely N-dealkylation sites (tertiary alicyclic amines) is 2. The topological polar surface area (TPSA) is 35.6 Å². The lowest BCUT2D eigenvalue weighted by molar-refractivity contribution is -0.123. The zero-order chi connectivity index (χ0) is 17.5. The summed E-state index contributed by atoms with van der Waals surface area (Å²) in [5.74, 6) is 0.909. The van der Waals surface area contributed by atoms with E-state index in [9.17, 15) is 4.79 Å². The SMILES string of the molecule is CCN1CCC(CC(=O)NC2CCCN(C3CCCCCC3)C2)CC1. The van der Waals surface area contributed by atoms with E-state index in [4.69, 9.17) is 0 Å². The molecule has 0 spiro atoms. The monoisotopic (exact) mass is 349 g/mol. The Bertz CT molecular complexity index is 398. The number of piperidine rings is 2. The molecule has 1 saturated carbocycles. The highest BCUT2D eigenvalue weighted by atomic mass is 16.1. The van der Waals surface area contributed by atoms with Gasteiger partial charge in [-0.2, -0.15) is 0 Å². The third-order valence-electron chi connectivity index (χ3n) is 6.79. The fraction of sp³-hybridized carbons (Fsp3) is 0.952. The summed E-state index contributed by atoms with van der Waals surface area (Å²) in [4.78, 5) is 17.7. The Labute approximate surface area is 154 Å². The minimum Gasteiger partial charge on any atom is -0.352 e. The first-order valence-corrected chi connectivity index (χ1v) is 11.0. The van der Waals surface area contributed by atoms with Crippen molar-refractivity contribution in [3.8, 4) is 0 Å². The summed E-state index contributed by atoms with van der Waals surface area (Å²) < 4.78 is 0. The molecule has 25 heavy (non-hydrogen) atoms. The molecule has 2 aliphatic heterocycles. The van der Waals surface area contributed by atoms with Gasteiger partial charge in [-0.05, 0) is 70.6 Å².